The molecule has 6 nitrogen and oxygen atoms in total. The lowest BCUT2D eigenvalue weighted by Crippen LogP contribution is -2.06. The number of carbonyl (C=O) groups excluding carboxylic acids is 3. The Morgan fingerprint density at radius 1 is 0.707 bits per heavy atom. The standard InChI is InChI=1S/C33H34O6S2/c1-3-32(35)40-24-8-6-5-7-22-38-29-17-19-30(20-18-29)41-33(36)27-11-9-25(10-12-27)26-13-15-28(16-14-26)39-23-21-31(34)37-4-2/h3-4,9-20H,1-2,5-8,21-24H2. The number of hydrogen-bond donors (Lipinski definition) is 0. The fourth-order valence-electron chi connectivity index (χ4n) is 3.70. The van der Waals surface area contributed by atoms with E-state index in [1.54, 1.807) is 0 Å². The van der Waals surface area contributed by atoms with E-state index in [-0.39, 0.29) is 29.2 Å². The quantitative estimate of drug-likeness (QED) is 0.0513. The Balaban J connectivity index is 1.38. The van der Waals surface area contributed by atoms with E-state index in [1.165, 1.54) is 29.6 Å². The molecule has 0 aliphatic heterocycles. The first-order valence-electron chi connectivity index (χ1n) is 13.4. The van der Waals surface area contributed by atoms with E-state index in [1.807, 2.05) is 72.8 Å². The van der Waals surface area contributed by atoms with Gasteiger partial charge in [0.25, 0.3) is 0 Å². The fraction of sp³-hybridized carbons (Fsp3) is 0.242. The van der Waals surface area contributed by atoms with E-state index >= 15 is 0 Å². The van der Waals surface area contributed by atoms with Crippen molar-refractivity contribution in [1.82, 2.24) is 0 Å². The Bertz CT molecular complexity index is 1280. The van der Waals surface area contributed by atoms with Crippen molar-refractivity contribution in [2.24, 2.45) is 0 Å². The molecule has 3 aromatic carbocycles. The summed E-state index contributed by atoms with van der Waals surface area (Å²) < 4.78 is 16.1. The maximum absolute atomic E-state index is 12.8. The molecule has 0 aliphatic rings. The lowest BCUT2D eigenvalue weighted by molar-refractivity contribution is -0.138. The van der Waals surface area contributed by atoms with E-state index in [4.69, 9.17) is 9.47 Å². The molecule has 0 aromatic heterocycles. The van der Waals surface area contributed by atoms with Crippen LogP contribution in [0, 0.1) is 0 Å². The minimum Gasteiger partial charge on any atom is -0.494 e. The van der Waals surface area contributed by atoms with Crippen molar-refractivity contribution in [3.8, 4) is 22.6 Å². The topological polar surface area (TPSA) is 78.9 Å². The van der Waals surface area contributed by atoms with Crippen LogP contribution in [0.5, 0.6) is 11.5 Å². The van der Waals surface area contributed by atoms with Crippen LogP contribution in [-0.2, 0) is 14.3 Å². The lowest BCUT2D eigenvalue weighted by Gasteiger charge is -2.08. The molecule has 8 heteroatoms. The number of rotatable bonds is 17. The molecule has 0 aliphatic carbocycles. The highest BCUT2D eigenvalue weighted by atomic mass is 32.2. The zero-order valence-electron chi connectivity index (χ0n) is 22.9. The maximum Gasteiger partial charge on any atom is 0.314 e. The van der Waals surface area contributed by atoms with E-state index in [9.17, 15) is 14.4 Å². The van der Waals surface area contributed by atoms with Crippen LogP contribution in [0.1, 0.15) is 42.5 Å². The summed E-state index contributed by atoms with van der Waals surface area (Å²) in [6.07, 6.45) is 6.69. The Morgan fingerprint density at radius 3 is 1.93 bits per heavy atom. The van der Waals surface area contributed by atoms with Crippen LogP contribution in [0.2, 0.25) is 0 Å². The van der Waals surface area contributed by atoms with Gasteiger partial charge < -0.3 is 14.2 Å². The second-order valence-electron chi connectivity index (χ2n) is 8.85. The van der Waals surface area contributed by atoms with Crippen molar-refractivity contribution in [3.05, 3.63) is 104 Å². The van der Waals surface area contributed by atoms with Gasteiger partial charge in [-0.15, -0.1) is 0 Å². The van der Waals surface area contributed by atoms with Crippen molar-refractivity contribution in [3.63, 3.8) is 0 Å². The molecule has 0 saturated carbocycles. The van der Waals surface area contributed by atoms with Gasteiger partial charge in [-0.3, -0.25) is 14.4 Å². The molecule has 214 valence electrons. The van der Waals surface area contributed by atoms with Crippen LogP contribution in [0.4, 0.5) is 0 Å². The van der Waals surface area contributed by atoms with Crippen LogP contribution in [0.15, 0.2) is 103 Å². The number of esters is 1. The largest absolute Gasteiger partial charge is 0.494 e. The van der Waals surface area contributed by atoms with E-state index < -0.39 is 0 Å². The summed E-state index contributed by atoms with van der Waals surface area (Å²) in [5.41, 5.74) is 2.60. The molecule has 3 rings (SSSR count). The summed E-state index contributed by atoms with van der Waals surface area (Å²) >= 11 is 2.50. The summed E-state index contributed by atoms with van der Waals surface area (Å²) in [5.74, 6) is 1.88. The second-order valence-corrected chi connectivity index (χ2v) is 11.0. The van der Waals surface area contributed by atoms with Gasteiger partial charge >= 0.3 is 5.97 Å². The molecule has 0 spiro atoms. The maximum atomic E-state index is 12.8. The molecule has 0 amide bonds. The zero-order valence-corrected chi connectivity index (χ0v) is 24.6. The molecule has 0 bridgehead atoms. The van der Waals surface area contributed by atoms with Gasteiger partial charge in [-0.05, 0) is 90.3 Å². The third kappa shape index (κ3) is 11.7. The first kappa shape index (κ1) is 31.8. The average molecular weight is 591 g/mol. The predicted molar refractivity (Wildman–Crippen MR) is 167 cm³/mol. The highest BCUT2D eigenvalue weighted by Crippen LogP contribution is 2.28. The molecule has 0 fully saturated rings. The van der Waals surface area contributed by atoms with Crippen molar-refractivity contribution < 1.29 is 28.6 Å². The van der Waals surface area contributed by atoms with Crippen LogP contribution < -0.4 is 9.47 Å². The molecule has 0 saturated heterocycles. The third-order valence-electron chi connectivity index (χ3n) is 5.85. The molecular weight excluding hydrogens is 556 g/mol. The third-order valence-corrected chi connectivity index (χ3v) is 7.72. The summed E-state index contributed by atoms with van der Waals surface area (Å²) in [4.78, 5) is 36.2. The Kier molecular flexibility index (Phi) is 13.8. The van der Waals surface area contributed by atoms with Gasteiger partial charge in [0.15, 0.2) is 0 Å². The summed E-state index contributed by atoms with van der Waals surface area (Å²) in [5, 5.41) is 0.000376. The monoisotopic (exact) mass is 590 g/mol. The summed E-state index contributed by atoms with van der Waals surface area (Å²) in [6.45, 7) is 7.68. The molecule has 3 aromatic rings. The van der Waals surface area contributed by atoms with Gasteiger partial charge in [0, 0.05) is 16.2 Å². The smallest absolute Gasteiger partial charge is 0.314 e. The van der Waals surface area contributed by atoms with Gasteiger partial charge in [0.2, 0.25) is 10.2 Å². The van der Waals surface area contributed by atoms with Gasteiger partial charge in [-0.2, -0.15) is 0 Å². The fourth-order valence-corrected chi connectivity index (χ4v) is 5.10. The molecule has 0 radical (unpaired) electrons. The van der Waals surface area contributed by atoms with Crippen LogP contribution in [0.25, 0.3) is 11.1 Å². The first-order valence-corrected chi connectivity index (χ1v) is 15.2. The van der Waals surface area contributed by atoms with Crippen LogP contribution >= 0.6 is 23.5 Å². The molecule has 0 N–H and O–H groups in total. The molecular formula is C33H34O6S2. The van der Waals surface area contributed by atoms with Crippen molar-refractivity contribution in [1.29, 1.82) is 0 Å². The van der Waals surface area contributed by atoms with Gasteiger partial charge in [0.05, 0.1) is 25.9 Å². The lowest BCUT2D eigenvalue weighted by atomic mass is 10.0. The first-order chi connectivity index (χ1) is 20.0. The van der Waals surface area contributed by atoms with E-state index in [0.29, 0.717) is 17.9 Å². The normalized spacial score (nSPS) is 10.4. The Labute approximate surface area is 250 Å². The van der Waals surface area contributed by atoms with Crippen molar-refractivity contribution in [2.75, 3.05) is 19.0 Å². The number of ether oxygens (including phenoxy) is 3. The van der Waals surface area contributed by atoms with E-state index in [0.717, 1.165) is 59.5 Å². The van der Waals surface area contributed by atoms with Crippen LogP contribution in [-0.4, -0.2) is 35.2 Å². The van der Waals surface area contributed by atoms with Crippen molar-refractivity contribution in [2.45, 2.75) is 37.0 Å². The molecule has 0 atom stereocenters. The average Bonchev–Trinajstić information content (AvgIpc) is 2.99. The second kappa shape index (κ2) is 17.8. The minimum atomic E-state index is -0.389. The number of thioether (sulfide) groups is 2. The summed E-state index contributed by atoms with van der Waals surface area (Å²) in [6, 6.07) is 22.6. The Hall–Kier alpha value is -3.75. The van der Waals surface area contributed by atoms with Crippen LogP contribution in [0.3, 0.4) is 0 Å². The van der Waals surface area contributed by atoms with E-state index in [2.05, 4.69) is 17.9 Å². The number of carbonyl (C=O) groups is 3. The summed E-state index contributed by atoms with van der Waals surface area (Å²) in [7, 11) is 0. The van der Waals surface area contributed by atoms with Gasteiger partial charge in [-0.25, -0.2) is 0 Å². The molecule has 0 heterocycles. The number of unbranched alkanes of at least 4 members (excludes halogenated alkanes) is 3. The van der Waals surface area contributed by atoms with Crippen molar-refractivity contribution >= 4 is 39.7 Å². The van der Waals surface area contributed by atoms with Gasteiger partial charge in [-0.1, -0.05) is 62.0 Å². The number of benzene rings is 3. The SMILES string of the molecule is C=COC(=O)CCOc1ccc(-c2ccc(C(=O)Sc3ccc(OCCCCCCSC(=O)C=C)cc3)cc2)cc1. The predicted octanol–water partition coefficient (Wildman–Crippen LogP) is 8.13. The zero-order chi connectivity index (χ0) is 29.3. The van der Waals surface area contributed by atoms with Gasteiger partial charge in [0.1, 0.15) is 11.5 Å². The highest BCUT2D eigenvalue weighted by molar-refractivity contribution is 8.14. The highest BCUT2D eigenvalue weighted by Gasteiger charge is 2.10. The molecule has 0 unspecified atom stereocenters. The minimum absolute atomic E-state index is 0.0306. The molecule has 41 heavy (non-hydrogen) atoms. The number of hydrogen-bond acceptors (Lipinski definition) is 8. The Morgan fingerprint density at radius 2 is 1.29 bits per heavy atom.